The molecule has 1 aliphatic heterocycles. The van der Waals surface area contributed by atoms with E-state index < -0.39 is 5.54 Å². The molecule has 1 aromatic rings. The quantitative estimate of drug-likeness (QED) is 0.662. The molecule has 0 fully saturated rings. The average molecular weight is 181 g/mol. The van der Waals surface area contributed by atoms with Gasteiger partial charge in [0.15, 0.2) is 0 Å². The van der Waals surface area contributed by atoms with Gasteiger partial charge in [0.25, 0.3) is 0 Å². The van der Waals surface area contributed by atoms with Crippen LogP contribution in [0.1, 0.15) is 18.9 Å². The molecular weight excluding hydrogens is 169 g/mol. The zero-order chi connectivity index (χ0) is 9.47. The lowest BCUT2D eigenvalue weighted by atomic mass is 9.87. The second-order valence-corrected chi connectivity index (χ2v) is 3.63. The van der Waals surface area contributed by atoms with Gasteiger partial charge in [0.2, 0.25) is 0 Å². The van der Waals surface area contributed by atoms with Crippen LogP contribution in [0.25, 0.3) is 0 Å². The van der Waals surface area contributed by atoms with Crippen LogP contribution in [0.5, 0.6) is 5.75 Å². The summed E-state index contributed by atoms with van der Waals surface area (Å²) in [6.45, 7) is 2.39. The molecule has 0 radical (unpaired) electrons. The highest BCUT2D eigenvalue weighted by Crippen LogP contribution is 2.36. The first kappa shape index (κ1) is 8.51. The third-order valence-corrected chi connectivity index (χ3v) is 2.43. The van der Waals surface area contributed by atoms with Crippen molar-refractivity contribution in [2.45, 2.75) is 18.9 Å². The summed E-state index contributed by atoms with van der Waals surface area (Å²) >= 11 is 0. The van der Waals surface area contributed by atoms with Gasteiger partial charge >= 0.3 is 0 Å². The molecule has 2 N–H and O–H groups in total. The molecule has 1 heterocycles. The van der Waals surface area contributed by atoms with E-state index in [4.69, 9.17) is 10.5 Å². The van der Waals surface area contributed by atoms with Gasteiger partial charge in [-0.25, -0.2) is 4.39 Å². The van der Waals surface area contributed by atoms with Gasteiger partial charge in [0.1, 0.15) is 11.6 Å². The lowest BCUT2D eigenvalue weighted by Gasteiger charge is -2.32. The Labute approximate surface area is 76.5 Å². The Balaban J connectivity index is 2.61. The Hall–Kier alpha value is -1.09. The molecule has 0 spiro atoms. The zero-order valence-electron chi connectivity index (χ0n) is 7.51. The van der Waals surface area contributed by atoms with E-state index in [0.29, 0.717) is 24.3 Å². The second-order valence-electron chi connectivity index (χ2n) is 3.63. The predicted molar refractivity (Wildman–Crippen MR) is 48.1 cm³/mol. The summed E-state index contributed by atoms with van der Waals surface area (Å²) < 4.78 is 18.7. The highest BCUT2D eigenvalue weighted by Gasteiger charge is 2.31. The third-order valence-electron chi connectivity index (χ3n) is 2.43. The average Bonchev–Trinajstić information content (AvgIpc) is 2.02. The smallest absolute Gasteiger partial charge is 0.131 e. The standard InChI is InChI=1S/C10H12FNO/c1-10(12)5-6-13-8-4-2-3-7(11)9(8)10/h2-4H,5-6,12H2,1H3. The summed E-state index contributed by atoms with van der Waals surface area (Å²) in [5.41, 5.74) is 5.87. The molecule has 2 rings (SSSR count). The van der Waals surface area contributed by atoms with Crippen molar-refractivity contribution in [3.8, 4) is 5.75 Å². The minimum Gasteiger partial charge on any atom is -0.493 e. The molecule has 0 aliphatic carbocycles. The minimum absolute atomic E-state index is 0.276. The fourth-order valence-electron chi connectivity index (χ4n) is 1.68. The van der Waals surface area contributed by atoms with Gasteiger partial charge in [-0.05, 0) is 19.1 Å². The van der Waals surface area contributed by atoms with Crippen molar-refractivity contribution in [1.82, 2.24) is 0 Å². The molecule has 2 nitrogen and oxygen atoms in total. The molecule has 1 aromatic carbocycles. The maximum atomic E-state index is 13.4. The molecule has 0 saturated carbocycles. The van der Waals surface area contributed by atoms with E-state index in [1.165, 1.54) is 6.07 Å². The Bertz CT molecular complexity index is 336. The highest BCUT2D eigenvalue weighted by atomic mass is 19.1. The van der Waals surface area contributed by atoms with Crippen LogP contribution in [0.3, 0.4) is 0 Å². The van der Waals surface area contributed by atoms with Gasteiger partial charge in [-0.3, -0.25) is 0 Å². The van der Waals surface area contributed by atoms with Gasteiger partial charge in [-0.15, -0.1) is 0 Å². The van der Waals surface area contributed by atoms with Gasteiger partial charge < -0.3 is 10.5 Å². The van der Waals surface area contributed by atoms with Crippen LogP contribution < -0.4 is 10.5 Å². The van der Waals surface area contributed by atoms with E-state index in [-0.39, 0.29) is 5.82 Å². The Morgan fingerprint density at radius 2 is 2.31 bits per heavy atom. The first-order valence-electron chi connectivity index (χ1n) is 4.32. The number of hydrogen-bond acceptors (Lipinski definition) is 2. The molecule has 13 heavy (non-hydrogen) atoms. The highest BCUT2D eigenvalue weighted by molar-refractivity contribution is 5.41. The SMILES string of the molecule is CC1(N)CCOc2cccc(F)c21. The summed E-state index contributed by atoms with van der Waals surface area (Å²) in [6.07, 6.45) is 0.654. The largest absolute Gasteiger partial charge is 0.493 e. The lowest BCUT2D eigenvalue weighted by Crippen LogP contribution is -2.39. The fourth-order valence-corrected chi connectivity index (χ4v) is 1.68. The van der Waals surface area contributed by atoms with Crippen LogP contribution in [0.15, 0.2) is 18.2 Å². The van der Waals surface area contributed by atoms with Gasteiger partial charge in [-0.1, -0.05) is 6.07 Å². The van der Waals surface area contributed by atoms with Crippen LogP contribution in [0.2, 0.25) is 0 Å². The number of fused-ring (bicyclic) bond motifs is 1. The predicted octanol–water partition coefficient (Wildman–Crippen LogP) is 1.78. The summed E-state index contributed by atoms with van der Waals surface area (Å²) in [6, 6.07) is 4.80. The molecule has 0 saturated heterocycles. The molecule has 0 bridgehead atoms. The molecule has 1 unspecified atom stereocenters. The van der Waals surface area contributed by atoms with E-state index in [2.05, 4.69) is 0 Å². The Morgan fingerprint density at radius 1 is 1.54 bits per heavy atom. The van der Waals surface area contributed by atoms with Crippen LogP contribution in [0.4, 0.5) is 4.39 Å². The van der Waals surface area contributed by atoms with Gasteiger partial charge in [-0.2, -0.15) is 0 Å². The second kappa shape index (κ2) is 2.70. The first-order valence-corrected chi connectivity index (χ1v) is 4.32. The van der Waals surface area contributed by atoms with E-state index in [1.54, 1.807) is 12.1 Å². The van der Waals surface area contributed by atoms with Crippen molar-refractivity contribution in [3.63, 3.8) is 0 Å². The summed E-state index contributed by atoms with van der Waals surface area (Å²) in [5.74, 6) is 0.304. The number of rotatable bonds is 0. The van der Waals surface area contributed by atoms with E-state index in [9.17, 15) is 4.39 Å². The molecule has 3 heteroatoms. The maximum absolute atomic E-state index is 13.4. The molecule has 1 atom stereocenters. The third kappa shape index (κ3) is 1.29. The number of hydrogen-bond donors (Lipinski definition) is 1. The topological polar surface area (TPSA) is 35.2 Å². The zero-order valence-corrected chi connectivity index (χ0v) is 7.51. The van der Waals surface area contributed by atoms with Crippen LogP contribution >= 0.6 is 0 Å². The summed E-state index contributed by atoms with van der Waals surface area (Å²) in [5, 5.41) is 0. The lowest BCUT2D eigenvalue weighted by molar-refractivity contribution is 0.221. The monoisotopic (exact) mass is 181 g/mol. The van der Waals surface area contributed by atoms with Crippen molar-refractivity contribution in [1.29, 1.82) is 0 Å². The number of benzene rings is 1. The van der Waals surface area contributed by atoms with Crippen molar-refractivity contribution in [2.24, 2.45) is 5.73 Å². The molecule has 1 aliphatic rings. The van der Waals surface area contributed by atoms with Crippen molar-refractivity contribution < 1.29 is 9.13 Å². The van der Waals surface area contributed by atoms with E-state index >= 15 is 0 Å². The maximum Gasteiger partial charge on any atom is 0.131 e. The minimum atomic E-state index is -0.598. The molecule has 0 amide bonds. The van der Waals surface area contributed by atoms with Crippen LogP contribution in [0, 0.1) is 5.82 Å². The Kier molecular flexibility index (Phi) is 1.77. The van der Waals surface area contributed by atoms with Crippen LogP contribution in [-0.2, 0) is 5.54 Å². The number of halogens is 1. The number of nitrogens with two attached hydrogens (primary N) is 1. The summed E-state index contributed by atoms with van der Waals surface area (Å²) in [4.78, 5) is 0. The van der Waals surface area contributed by atoms with Gasteiger partial charge in [0.05, 0.1) is 6.61 Å². The molecule has 0 aromatic heterocycles. The Morgan fingerprint density at radius 3 is 3.00 bits per heavy atom. The van der Waals surface area contributed by atoms with Crippen molar-refractivity contribution >= 4 is 0 Å². The summed E-state index contributed by atoms with van der Waals surface area (Å²) in [7, 11) is 0. The van der Waals surface area contributed by atoms with E-state index in [0.717, 1.165) is 0 Å². The first-order chi connectivity index (χ1) is 6.11. The van der Waals surface area contributed by atoms with Gasteiger partial charge in [0, 0.05) is 17.5 Å². The van der Waals surface area contributed by atoms with E-state index in [1.807, 2.05) is 6.92 Å². The van der Waals surface area contributed by atoms with Crippen molar-refractivity contribution in [3.05, 3.63) is 29.6 Å². The molecular formula is C10H12FNO. The molecule has 70 valence electrons. The fraction of sp³-hybridized carbons (Fsp3) is 0.400. The van der Waals surface area contributed by atoms with Crippen molar-refractivity contribution in [2.75, 3.05) is 6.61 Å². The van der Waals surface area contributed by atoms with Crippen LogP contribution in [-0.4, -0.2) is 6.61 Å². The normalized spacial score (nSPS) is 26.4. The number of ether oxygens (including phenoxy) is 1.